The summed E-state index contributed by atoms with van der Waals surface area (Å²) < 4.78 is 32.8. The van der Waals surface area contributed by atoms with Gasteiger partial charge in [0.15, 0.2) is 5.65 Å². The molecule has 6 rings (SSSR count). The molecule has 0 radical (unpaired) electrons. The quantitative estimate of drug-likeness (QED) is 0.535. The molecule has 2 saturated heterocycles. The highest BCUT2D eigenvalue weighted by molar-refractivity contribution is 7.88. The first-order valence-electron chi connectivity index (χ1n) is 12.1. The third-order valence-electron chi connectivity index (χ3n) is 7.15. The van der Waals surface area contributed by atoms with Crippen LogP contribution in [-0.4, -0.2) is 84.3 Å². The van der Waals surface area contributed by atoms with Gasteiger partial charge in [0.05, 0.1) is 42.4 Å². The van der Waals surface area contributed by atoms with Crippen molar-refractivity contribution >= 4 is 38.9 Å². The minimum Gasteiger partial charge on any atom is -0.378 e. The first-order chi connectivity index (χ1) is 17.0. The van der Waals surface area contributed by atoms with Crippen molar-refractivity contribution in [1.29, 1.82) is 0 Å². The second-order valence-electron chi connectivity index (χ2n) is 9.50. The molecule has 0 unspecified atom stereocenters. The van der Waals surface area contributed by atoms with E-state index in [-0.39, 0.29) is 0 Å². The highest BCUT2D eigenvalue weighted by atomic mass is 32.2. The number of fused-ring (bicyclic) bond motifs is 2. The molecule has 5 heterocycles. The molecule has 35 heavy (non-hydrogen) atoms. The molecule has 0 amide bonds. The minimum absolute atomic E-state index is 0.343. The number of piperidine rings is 1. The second-order valence-corrected chi connectivity index (χ2v) is 11.5. The summed E-state index contributed by atoms with van der Waals surface area (Å²) in [6.45, 7) is 4.61. The lowest BCUT2D eigenvalue weighted by Gasteiger charge is -2.30. The number of anilines is 1. The zero-order chi connectivity index (χ0) is 24.0. The third-order valence-corrected chi connectivity index (χ3v) is 8.46. The van der Waals surface area contributed by atoms with Crippen LogP contribution in [0.5, 0.6) is 0 Å². The molecule has 2 aromatic heterocycles. The van der Waals surface area contributed by atoms with Crippen molar-refractivity contribution in [3.63, 3.8) is 0 Å². The number of aromatic nitrogens is 4. The van der Waals surface area contributed by atoms with Gasteiger partial charge in [-0.3, -0.25) is 4.99 Å². The fourth-order valence-corrected chi connectivity index (χ4v) is 5.99. The molecule has 0 aliphatic carbocycles. The number of rotatable bonds is 5. The first-order valence-corrected chi connectivity index (χ1v) is 14.0. The number of benzene rings is 1. The predicted molar refractivity (Wildman–Crippen MR) is 135 cm³/mol. The Morgan fingerprint density at radius 2 is 1.89 bits per heavy atom. The normalized spacial score (nSPS) is 19.5. The lowest BCUT2D eigenvalue weighted by atomic mass is 9.98. The molecule has 0 spiro atoms. The van der Waals surface area contributed by atoms with Gasteiger partial charge in [-0.15, -0.1) is 0 Å². The number of hydrogen-bond donors (Lipinski definition) is 0. The average molecular weight is 496 g/mol. The minimum atomic E-state index is -3.14. The van der Waals surface area contributed by atoms with Crippen LogP contribution in [0.2, 0.25) is 0 Å². The Morgan fingerprint density at radius 3 is 2.66 bits per heavy atom. The number of aliphatic imine (C=N–C) groups is 1. The highest BCUT2D eigenvalue weighted by Crippen LogP contribution is 2.34. The van der Waals surface area contributed by atoms with E-state index < -0.39 is 10.0 Å². The molecular formula is C24H29N7O3S. The summed E-state index contributed by atoms with van der Waals surface area (Å²) in [5.74, 6) is 1.03. The molecule has 11 heteroatoms. The average Bonchev–Trinajstić information content (AvgIpc) is 3.50. The fraction of sp³-hybridized carbons (Fsp3) is 0.500. The van der Waals surface area contributed by atoms with Crippen LogP contribution < -0.4 is 4.90 Å². The maximum atomic E-state index is 11.9. The first kappa shape index (κ1) is 22.6. The second kappa shape index (κ2) is 8.96. The van der Waals surface area contributed by atoms with E-state index in [1.54, 1.807) is 4.31 Å². The van der Waals surface area contributed by atoms with Crippen molar-refractivity contribution in [2.75, 3.05) is 50.5 Å². The van der Waals surface area contributed by atoms with E-state index in [9.17, 15) is 8.42 Å². The largest absolute Gasteiger partial charge is 0.378 e. The zero-order valence-electron chi connectivity index (χ0n) is 19.8. The molecule has 3 aliphatic heterocycles. The maximum Gasteiger partial charge on any atom is 0.228 e. The van der Waals surface area contributed by atoms with Gasteiger partial charge >= 0.3 is 0 Å². The predicted octanol–water partition coefficient (Wildman–Crippen LogP) is 2.26. The van der Waals surface area contributed by atoms with Crippen molar-refractivity contribution < 1.29 is 13.2 Å². The summed E-state index contributed by atoms with van der Waals surface area (Å²) in [6.07, 6.45) is 7.57. The number of nitrogens with zero attached hydrogens (tertiary/aromatic N) is 7. The van der Waals surface area contributed by atoms with Gasteiger partial charge < -0.3 is 9.64 Å². The van der Waals surface area contributed by atoms with E-state index in [4.69, 9.17) is 19.8 Å². The van der Waals surface area contributed by atoms with Gasteiger partial charge in [-0.05, 0) is 30.4 Å². The summed E-state index contributed by atoms with van der Waals surface area (Å²) >= 11 is 0. The maximum absolute atomic E-state index is 11.9. The number of ether oxygens (including phenoxy) is 1. The molecule has 0 atom stereocenters. The van der Waals surface area contributed by atoms with Crippen LogP contribution in [0.4, 0.5) is 11.6 Å². The van der Waals surface area contributed by atoms with Gasteiger partial charge in [0.25, 0.3) is 0 Å². The van der Waals surface area contributed by atoms with Crippen LogP contribution in [0.3, 0.4) is 0 Å². The lowest BCUT2D eigenvalue weighted by molar-refractivity contribution is 0.122. The van der Waals surface area contributed by atoms with Gasteiger partial charge in [-0.25, -0.2) is 22.4 Å². The van der Waals surface area contributed by atoms with Gasteiger partial charge in [-0.2, -0.15) is 10.1 Å². The van der Waals surface area contributed by atoms with Crippen LogP contribution in [-0.2, 0) is 27.7 Å². The zero-order valence-corrected chi connectivity index (χ0v) is 20.6. The van der Waals surface area contributed by atoms with Crippen LogP contribution in [0.1, 0.15) is 18.4 Å². The summed E-state index contributed by atoms with van der Waals surface area (Å²) in [5, 5.41) is 5.63. The molecule has 0 N–H and O–H groups in total. The smallest absolute Gasteiger partial charge is 0.228 e. The Hall–Kier alpha value is -2.89. The third kappa shape index (κ3) is 4.43. The van der Waals surface area contributed by atoms with E-state index in [1.165, 1.54) is 11.8 Å². The molecule has 0 bridgehead atoms. The van der Waals surface area contributed by atoms with E-state index in [0.717, 1.165) is 60.3 Å². The molecular weight excluding hydrogens is 466 g/mol. The highest BCUT2D eigenvalue weighted by Gasteiger charge is 2.27. The fourth-order valence-electron chi connectivity index (χ4n) is 5.12. The van der Waals surface area contributed by atoms with Crippen molar-refractivity contribution in [2.45, 2.75) is 25.8 Å². The Morgan fingerprint density at radius 1 is 1.09 bits per heavy atom. The lowest BCUT2D eigenvalue weighted by Crippen LogP contribution is -2.38. The summed E-state index contributed by atoms with van der Waals surface area (Å²) in [5.41, 5.74) is 4.90. The Bertz CT molecular complexity index is 1390. The Labute approximate surface area is 204 Å². The van der Waals surface area contributed by atoms with Crippen LogP contribution >= 0.6 is 0 Å². The molecule has 10 nitrogen and oxygen atoms in total. The molecule has 0 saturated carbocycles. The van der Waals surface area contributed by atoms with Crippen LogP contribution in [0.15, 0.2) is 29.4 Å². The summed E-state index contributed by atoms with van der Waals surface area (Å²) in [6, 6.07) is 6.33. The van der Waals surface area contributed by atoms with Crippen molar-refractivity contribution in [3.8, 4) is 11.3 Å². The van der Waals surface area contributed by atoms with Gasteiger partial charge in [0.2, 0.25) is 16.0 Å². The number of sulfonamides is 1. The topological polar surface area (TPSA) is 106 Å². The van der Waals surface area contributed by atoms with Crippen molar-refractivity contribution in [1.82, 2.24) is 24.1 Å². The monoisotopic (exact) mass is 495 g/mol. The number of morpholine rings is 1. The molecule has 2 fully saturated rings. The van der Waals surface area contributed by atoms with E-state index in [0.29, 0.717) is 44.7 Å². The van der Waals surface area contributed by atoms with Crippen molar-refractivity contribution in [3.05, 3.63) is 30.0 Å². The van der Waals surface area contributed by atoms with Crippen molar-refractivity contribution in [2.24, 2.45) is 10.9 Å². The van der Waals surface area contributed by atoms with Gasteiger partial charge in [-0.1, -0.05) is 12.1 Å². The van der Waals surface area contributed by atoms with E-state index >= 15 is 0 Å². The van der Waals surface area contributed by atoms with Gasteiger partial charge in [0, 0.05) is 50.9 Å². The SMILES string of the molecule is CS(=O)(=O)N1CCC(Cn2ncc3c(-c4ccc5c(c4)N=CC5)nc(N4CCOCC4)nc32)CC1. The molecule has 1 aromatic carbocycles. The summed E-state index contributed by atoms with van der Waals surface area (Å²) in [4.78, 5) is 16.6. The molecule has 3 aromatic rings. The van der Waals surface area contributed by atoms with Crippen LogP contribution in [0.25, 0.3) is 22.3 Å². The van der Waals surface area contributed by atoms with E-state index in [1.807, 2.05) is 17.1 Å². The number of hydrogen-bond acceptors (Lipinski definition) is 8. The summed E-state index contributed by atoms with van der Waals surface area (Å²) in [7, 11) is -3.14. The van der Waals surface area contributed by atoms with Gasteiger partial charge in [0.1, 0.15) is 0 Å². The van der Waals surface area contributed by atoms with E-state index in [2.05, 4.69) is 28.1 Å². The Kier molecular flexibility index (Phi) is 5.78. The molecule has 3 aliphatic rings. The molecule has 184 valence electrons. The Balaban J connectivity index is 1.36. The standard InChI is InChI=1S/C24H29N7O3S/c1-35(32,33)30-8-5-17(6-9-30)16-31-23-20(15-26-31)22(19-3-2-18-4-7-25-21(18)14-19)27-24(28-23)29-10-12-34-13-11-29/h2-3,7,14-15,17H,4-6,8-13,16H2,1H3. The van der Waals surface area contributed by atoms with Crippen LogP contribution in [0, 0.1) is 5.92 Å².